The smallest absolute Gasteiger partial charge is 0.194 e. The normalized spacial score (nSPS) is 14.4. The molecule has 0 atom stereocenters. The van der Waals surface area contributed by atoms with Crippen molar-refractivity contribution in [3.05, 3.63) is 65.6 Å². The minimum atomic E-state index is 0.780. The molecule has 0 aliphatic carbocycles. The summed E-state index contributed by atoms with van der Waals surface area (Å²) in [6, 6.07) is 14.7. The van der Waals surface area contributed by atoms with Crippen LogP contribution >= 0.6 is 0 Å². The zero-order valence-corrected chi connectivity index (χ0v) is 15.8. The molecule has 6 nitrogen and oxygen atoms in total. The Morgan fingerprint density at radius 2 is 1.96 bits per heavy atom. The monoisotopic (exact) mass is 362 g/mol. The van der Waals surface area contributed by atoms with Crippen LogP contribution in [0.2, 0.25) is 0 Å². The molecule has 0 saturated carbocycles. The van der Waals surface area contributed by atoms with Gasteiger partial charge in [-0.1, -0.05) is 30.3 Å². The SMILES string of the molecule is CCNC(=NCCCc1nnc2ccccn12)N1CCc2ccccc2C1. The highest BCUT2D eigenvalue weighted by Gasteiger charge is 2.18. The van der Waals surface area contributed by atoms with Crippen molar-refractivity contribution in [2.24, 2.45) is 4.99 Å². The molecule has 0 unspecified atom stereocenters. The van der Waals surface area contributed by atoms with Crippen LogP contribution < -0.4 is 5.32 Å². The van der Waals surface area contributed by atoms with Gasteiger partial charge in [-0.2, -0.15) is 0 Å². The molecular formula is C21H26N6. The van der Waals surface area contributed by atoms with E-state index in [9.17, 15) is 0 Å². The molecule has 0 spiro atoms. The van der Waals surface area contributed by atoms with Crippen molar-refractivity contribution >= 4 is 11.6 Å². The van der Waals surface area contributed by atoms with E-state index in [1.54, 1.807) is 0 Å². The van der Waals surface area contributed by atoms with Crippen LogP contribution in [0.15, 0.2) is 53.7 Å². The fourth-order valence-electron chi connectivity index (χ4n) is 3.59. The number of nitrogens with one attached hydrogen (secondary N) is 1. The Kier molecular flexibility index (Phi) is 5.32. The Bertz CT molecular complexity index is 929. The first-order valence-electron chi connectivity index (χ1n) is 9.74. The van der Waals surface area contributed by atoms with Gasteiger partial charge in [-0.15, -0.1) is 10.2 Å². The first-order valence-corrected chi connectivity index (χ1v) is 9.74. The molecule has 2 aromatic heterocycles. The van der Waals surface area contributed by atoms with E-state index in [1.807, 2.05) is 24.4 Å². The van der Waals surface area contributed by atoms with E-state index >= 15 is 0 Å². The Hall–Kier alpha value is -2.89. The number of pyridine rings is 1. The van der Waals surface area contributed by atoms with Crippen LogP contribution in [0.4, 0.5) is 0 Å². The van der Waals surface area contributed by atoms with Crippen molar-refractivity contribution in [3.8, 4) is 0 Å². The standard InChI is InChI=1S/C21H26N6/c1-2-22-21(26-15-12-17-8-3-4-9-18(17)16-26)23-13-7-11-20-25-24-19-10-5-6-14-27(19)20/h3-6,8-10,14H,2,7,11-13,15-16H2,1H3,(H,22,23). The summed E-state index contributed by atoms with van der Waals surface area (Å²) in [5, 5.41) is 12.0. The van der Waals surface area contributed by atoms with Crippen molar-refractivity contribution in [2.75, 3.05) is 19.6 Å². The summed E-state index contributed by atoms with van der Waals surface area (Å²) < 4.78 is 2.05. The lowest BCUT2D eigenvalue weighted by atomic mass is 10.0. The summed E-state index contributed by atoms with van der Waals surface area (Å²) in [4.78, 5) is 7.22. The molecule has 3 aromatic rings. The van der Waals surface area contributed by atoms with Crippen LogP contribution in [0.5, 0.6) is 0 Å². The number of aliphatic imine (C=N–C) groups is 1. The van der Waals surface area contributed by atoms with E-state index in [2.05, 4.69) is 56.0 Å². The fraction of sp³-hybridized carbons (Fsp3) is 0.381. The summed E-state index contributed by atoms with van der Waals surface area (Å²) in [7, 11) is 0. The number of hydrogen-bond donors (Lipinski definition) is 1. The molecule has 1 N–H and O–H groups in total. The number of rotatable bonds is 5. The second kappa shape index (κ2) is 8.20. The molecule has 0 fully saturated rings. The highest BCUT2D eigenvalue weighted by molar-refractivity contribution is 5.80. The minimum Gasteiger partial charge on any atom is -0.357 e. The zero-order chi connectivity index (χ0) is 18.5. The number of nitrogens with zero attached hydrogens (tertiary/aromatic N) is 5. The number of benzene rings is 1. The summed E-state index contributed by atoms with van der Waals surface area (Å²) in [6.07, 6.45) is 4.92. The highest BCUT2D eigenvalue weighted by atomic mass is 15.3. The lowest BCUT2D eigenvalue weighted by Crippen LogP contribution is -2.44. The van der Waals surface area contributed by atoms with Crippen molar-refractivity contribution in [1.29, 1.82) is 0 Å². The predicted octanol–water partition coefficient (Wildman–Crippen LogP) is 2.69. The molecule has 0 bridgehead atoms. The van der Waals surface area contributed by atoms with E-state index in [4.69, 9.17) is 4.99 Å². The van der Waals surface area contributed by atoms with Crippen molar-refractivity contribution in [1.82, 2.24) is 24.8 Å². The Labute approximate surface area is 159 Å². The summed E-state index contributed by atoms with van der Waals surface area (Å²) in [5.74, 6) is 2.01. The van der Waals surface area contributed by atoms with Crippen LogP contribution in [0, 0.1) is 0 Å². The topological polar surface area (TPSA) is 57.8 Å². The van der Waals surface area contributed by atoms with E-state index in [0.717, 1.165) is 62.9 Å². The average molecular weight is 362 g/mol. The molecule has 0 amide bonds. The van der Waals surface area contributed by atoms with Gasteiger partial charge in [0, 0.05) is 38.8 Å². The van der Waals surface area contributed by atoms with Crippen molar-refractivity contribution in [2.45, 2.75) is 32.7 Å². The Balaban J connectivity index is 1.38. The first-order chi connectivity index (χ1) is 13.3. The van der Waals surface area contributed by atoms with Gasteiger partial charge in [0.25, 0.3) is 0 Å². The number of aryl methyl sites for hydroxylation is 1. The third kappa shape index (κ3) is 3.94. The van der Waals surface area contributed by atoms with Crippen LogP contribution in [0.1, 0.15) is 30.3 Å². The van der Waals surface area contributed by atoms with E-state index in [0.29, 0.717) is 0 Å². The molecule has 27 heavy (non-hydrogen) atoms. The fourth-order valence-corrected chi connectivity index (χ4v) is 3.59. The molecule has 0 saturated heterocycles. The third-order valence-electron chi connectivity index (χ3n) is 4.97. The summed E-state index contributed by atoms with van der Waals surface area (Å²) in [6.45, 7) is 5.72. The predicted molar refractivity (Wildman–Crippen MR) is 108 cm³/mol. The van der Waals surface area contributed by atoms with Gasteiger partial charge in [0.05, 0.1) is 0 Å². The molecular weight excluding hydrogens is 336 g/mol. The van der Waals surface area contributed by atoms with Crippen LogP contribution in [0.25, 0.3) is 5.65 Å². The Morgan fingerprint density at radius 1 is 1.11 bits per heavy atom. The zero-order valence-electron chi connectivity index (χ0n) is 15.8. The van der Waals surface area contributed by atoms with Crippen molar-refractivity contribution in [3.63, 3.8) is 0 Å². The van der Waals surface area contributed by atoms with Gasteiger partial charge in [0.15, 0.2) is 11.6 Å². The highest BCUT2D eigenvalue weighted by Crippen LogP contribution is 2.18. The molecule has 1 aliphatic heterocycles. The summed E-state index contributed by atoms with van der Waals surface area (Å²) in [5.41, 5.74) is 3.77. The summed E-state index contributed by atoms with van der Waals surface area (Å²) >= 11 is 0. The van der Waals surface area contributed by atoms with Crippen LogP contribution in [0.3, 0.4) is 0 Å². The van der Waals surface area contributed by atoms with Crippen molar-refractivity contribution < 1.29 is 0 Å². The van der Waals surface area contributed by atoms with Gasteiger partial charge in [-0.25, -0.2) is 0 Å². The molecule has 1 aromatic carbocycles. The molecule has 3 heterocycles. The molecule has 0 radical (unpaired) electrons. The number of aromatic nitrogens is 3. The van der Waals surface area contributed by atoms with E-state index in [-0.39, 0.29) is 0 Å². The van der Waals surface area contributed by atoms with Crippen LogP contribution in [-0.2, 0) is 19.4 Å². The maximum absolute atomic E-state index is 4.86. The third-order valence-corrected chi connectivity index (χ3v) is 4.97. The lowest BCUT2D eigenvalue weighted by Gasteiger charge is -2.31. The number of fused-ring (bicyclic) bond motifs is 2. The van der Waals surface area contributed by atoms with Crippen LogP contribution in [-0.4, -0.2) is 45.1 Å². The molecule has 4 rings (SSSR count). The minimum absolute atomic E-state index is 0.780. The maximum atomic E-state index is 4.86. The molecule has 140 valence electrons. The van der Waals surface area contributed by atoms with Gasteiger partial charge in [0.2, 0.25) is 0 Å². The first kappa shape index (κ1) is 17.5. The maximum Gasteiger partial charge on any atom is 0.194 e. The van der Waals surface area contributed by atoms with Gasteiger partial charge in [0.1, 0.15) is 5.82 Å². The largest absolute Gasteiger partial charge is 0.357 e. The van der Waals surface area contributed by atoms with E-state index < -0.39 is 0 Å². The van der Waals surface area contributed by atoms with E-state index in [1.165, 1.54) is 11.1 Å². The average Bonchev–Trinajstić information content (AvgIpc) is 3.13. The van der Waals surface area contributed by atoms with Gasteiger partial charge in [-0.05, 0) is 43.0 Å². The van der Waals surface area contributed by atoms with Gasteiger partial charge >= 0.3 is 0 Å². The lowest BCUT2D eigenvalue weighted by molar-refractivity contribution is 0.378. The van der Waals surface area contributed by atoms with Gasteiger partial charge in [-0.3, -0.25) is 9.39 Å². The Morgan fingerprint density at radius 3 is 2.85 bits per heavy atom. The second-order valence-corrected chi connectivity index (χ2v) is 6.82. The molecule has 1 aliphatic rings. The number of guanidine groups is 1. The molecule has 6 heteroatoms. The second-order valence-electron chi connectivity index (χ2n) is 6.82. The van der Waals surface area contributed by atoms with Gasteiger partial charge < -0.3 is 10.2 Å². The quantitative estimate of drug-likeness (QED) is 0.431. The number of hydrogen-bond acceptors (Lipinski definition) is 3.